The lowest BCUT2D eigenvalue weighted by Crippen LogP contribution is -2.42. The fraction of sp³-hybridized carbons (Fsp3) is 0.696. The van der Waals surface area contributed by atoms with Crippen molar-refractivity contribution in [2.24, 2.45) is 4.99 Å². The summed E-state index contributed by atoms with van der Waals surface area (Å²) in [7, 11) is 1.84. The summed E-state index contributed by atoms with van der Waals surface area (Å²) in [4.78, 5) is 9.31. The predicted octanol–water partition coefficient (Wildman–Crippen LogP) is 4.32. The molecule has 0 spiro atoms. The molecule has 1 atom stereocenters. The third-order valence-electron chi connectivity index (χ3n) is 5.36. The summed E-state index contributed by atoms with van der Waals surface area (Å²) in [6, 6.07) is 9.26. The van der Waals surface area contributed by atoms with Gasteiger partial charge in [-0.1, -0.05) is 52.0 Å². The zero-order chi connectivity index (χ0) is 20.8. The van der Waals surface area contributed by atoms with Gasteiger partial charge in [0.15, 0.2) is 5.96 Å². The van der Waals surface area contributed by atoms with Crippen molar-refractivity contribution in [2.75, 3.05) is 39.8 Å². The van der Waals surface area contributed by atoms with Crippen LogP contribution in [-0.4, -0.2) is 61.6 Å². The normalized spacial score (nSPS) is 12.8. The molecule has 1 aromatic rings. The van der Waals surface area contributed by atoms with Crippen LogP contribution >= 0.6 is 24.0 Å². The number of nitrogens with one attached hydrogen (secondary N) is 2. The average Bonchev–Trinajstić information content (AvgIpc) is 2.72. The van der Waals surface area contributed by atoms with E-state index in [1.807, 2.05) is 7.05 Å². The van der Waals surface area contributed by atoms with E-state index in [9.17, 15) is 0 Å². The quantitative estimate of drug-likeness (QED) is 0.232. The van der Waals surface area contributed by atoms with Gasteiger partial charge in [-0.15, -0.1) is 24.0 Å². The lowest BCUT2D eigenvalue weighted by Gasteiger charge is -2.21. The minimum atomic E-state index is 0. The molecule has 0 aliphatic rings. The van der Waals surface area contributed by atoms with Crippen LogP contribution < -0.4 is 10.6 Å². The molecule has 29 heavy (non-hydrogen) atoms. The van der Waals surface area contributed by atoms with Crippen LogP contribution in [0.25, 0.3) is 0 Å². The molecule has 2 N–H and O–H groups in total. The van der Waals surface area contributed by atoms with Crippen LogP contribution in [0.2, 0.25) is 0 Å². The Hall–Kier alpha value is -0.860. The van der Waals surface area contributed by atoms with Gasteiger partial charge in [-0.05, 0) is 63.6 Å². The molecule has 0 amide bonds. The van der Waals surface area contributed by atoms with Crippen LogP contribution in [0, 0.1) is 0 Å². The number of nitrogens with zero attached hydrogens (tertiary/aromatic N) is 3. The summed E-state index contributed by atoms with van der Waals surface area (Å²) in [6.45, 7) is 18.5. The highest BCUT2D eigenvalue weighted by atomic mass is 127. The van der Waals surface area contributed by atoms with Crippen molar-refractivity contribution < 1.29 is 0 Å². The zero-order valence-corrected chi connectivity index (χ0v) is 21.8. The molecule has 0 saturated heterocycles. The summed E-state index contributed by atoms with van der Waals surface area (Å²) in [6.07, 6.45) is 2.36. The molecular weight excluding hydrogens is 473 g/mol. The van der Waals surface area contributed by atoms with Gasteiger partial charge in [0.25, 0.3) is 0 Å². The number of hydrogen-bond donors (Lipinski definition) is 2. The summed E-state index contributed by atoms with van der Waals surface area (Å²) in [5, 5.41) is 6.99. The van der Waals surface area contributed by atoms with Gasteiger partial charge in [-0.3, -0.25) is 9.89 Å². The molecule has 5 nitrogen and oxygen atoms in total. The lowest BCUT2D eigenvalue weighted by molar-refractivity contribution is 0.292. The monoisotopic (exact) mass is 517 g/mol. The smallest absolute Gasteiger partial charge is 0.191 e. The van der Waals surface area contributed by atoms with E-state index in [-0.39, 0.29) is 24.0 Å². The molecule has 1 aromatic carbocycles. The van der Waals surface area contributed by atoms with E-state index in [1.165, 1.54) is 24.1 Å². The fourth-order valence-electron chi connectivity index (χ4n) is 3.39. The van der Waals surface area contributed by atoms with Crippen molar-refractivity contribution in [3.63, 3.8) is 0 Å². The Morgan fingerprint density at radius 2 is 1.62 bits per heavy atom. The third-order valence-corrected chi connectivity index (χ3v) is 5.36. The fourth-order valence-corrected chi connectivity index (χ4v) is 3.39. The van der Waals surface area contributed by atoms with E-state index in [2.05, 4.69) is 84.3 Å². The second-order valence-electron chi connectivity index (χ2n) is 7.42. The number of guanidine groups is 1. The Morgan fingerprint density at radius 3 is 2.21 bits per heavy atom. The molecule has 0 aromatic heterocycles. The first kappa shape index (κ1) is 28.1. The molecular formula is C23H44IN5. The van der Waals surface area contributed by atoms with Gasteiger partial charge >= 0.3 is 0 Å². The van der Waals surface area contributed by atoms with Gasteiger partial charge in [0, 0.05) is 26.2 Å². The highest BCUT2D eigenvalue weighted by Gasteiger charge is 2.07. The Bertz CT molecular complexity index is 556. The molecule has 1 rings (SSSR count). The minimum absolute atomic E-state index is 0. The van der Waals surface area contributed by atoms with Crippen molar-refractivity contribution >= 4 is 29.9 Å². The van der Waals surface area contributed by atoms with Crippen LogP contribution in [0.1, 0.15) is 58.6 Å². The van der Waals surface area contributed by atoms with E-state index in [1.54, 1.807) is 0 Å². The van der Waals surface area contributed by atoms with Crippen LogP contribution in [0.4, 0.5) is 0 Å². The third kappa shape index (κ3) is 11.8. The molecule has 0 bridgehead atoms. The van der Waals surface area contributed by atoms with E-state index in [4.69, 9.17) is 0 Å². The molecule has 0 heterocycles. The van der Waals surface area contributed by atoms with Gasteiger partial charge in [-0.25, -0.2) is 0 Å². The Balaban J connectivity index is 0.00000784. The highest BCUT2D eigenvalue weighted by Crippen LogP contribution is 2.08. The van der Waals surface area contributed by atoms with Crippen LogP contribution in [0.15, 0.2) is 29.3 Å². The van der Waals surface area contributed by atoms with Gasteiger partial charge in [-0.2, -0.15) is 0 Å². The van der Waals surface area contributed by atoms with E-state index in [0.29, 0.717) is 6.04 Å². The maximum atomic E-state index is 4.39. The second-order valence-corrected chi connectivity index (χ2v) is 7.42. The summed E-state index contributed by atoms with van der Waals surface area (Å²) < 4.78 is 0. The zero-order valence-electron chi connectivity index (χ0n) is 19.5. The molecule has 0 radical (unpaired) electrons. The first-order valence-corrected chi connectivity index (χ1v) is 11.1. The molecule has 6 heteroatoms. The van der Waals surface area contributed by atoms with Crippen LogP contribution in [0.3, 0.4) is 0 Å². The molecule has 168 valence electrons. The summed E-state index contributed by atoms with van der Waals surface area (Å²) in [5.74, 6) is 0.879. The van der Waals surface area contributed by atoms with Gasteiger partial charge < -0.3 is 15.5 Å². The largest absolute Gasteiger partial charge is 0.354 e. The highest BCUT2D eigenvalue weighted by molar-refractivity contribution is 14.0. The summed E-state index contributed by atoms with van der Waals surface area (Å²) in [5.41, 5.74) is 2.66. The lowest BCUT2D eigenvalue weighted by atomic mass is 10.1. The minimum Gasteiger partial charge on any atom is -0.354 e. The standard InChI is InChI=1S/C23H43N5.HI/c1-7-27(8-2)16-12-13-20(5)26-23(24-6)25-18-21-14-11-15-22(17-21)19-28(9-3)10-4;/h11,14-15,17,20H,7-10,12-13,16,18-19H2,1-6H3,(H2,24,25,26);1H. The van der Waals surface area contributed by atoms with Crippen molar-refractivity contribution in [2.45, 2.75) is 66.6 Å². The Kier molecular flexibility index (Phi) is 16.4. The maximum Gasteiger partial charge on any atom is 0.191 e. The van der Waals surface area contributed by atoms with Crippen molar-refractivity contribution in [3.8, 4) is 0 Å². The average molecular weight is 518 g/mol. The maximum absolute atomic E-state index is 4.39. The van der Waals surface area contributed by atoms with E-state index < -0.39 is 0 Å². The van der Waals surface area contributed by atoms with E-state index in [0.717, 1.165) is 51.6 Å². The van der Waals surface area contributed by atoms with Crippen LogP contribution in [-0.2, 0) is 13.1 Å². The van der Waals surface area contributed by atoms with E-state index >= 15 is 0 Å². The van der Waals surface area contributed by atoms with Crippen molar-refractivity contribution in [1.29, 1.82) is 0 Å². The van der Waals surface area contributed by atoms with Crippen molar-refractivity contribution in [3.05, 3.63) is 35.4 Å². The number of rotatable bonds is 13. The number of aliphatic imine (C=N–C) groups is 1. The topological polar surface area (TPSA) is 42.9 Å². The van der Waals surface area contributed by atoms with Gasteiger partial charge in [0.05, 0.1) is 0 Å². The Labute approximate surface area is 196 Å². The number of halogens is 1. The molecule has 0 aliphatic carbocycles. The SMILES string of the molecule is CCN(CC)CCCC(C)NC(=NC)NCc1cccc(CN(CC)CC)c1.I. The predicted molar refractivity (Wildman–Crippen MR) is 138 cm³/mol. The molecule has 1 unspecified atom stereocenters. The second kappa shape index (κ2) is 16.9. The summed E-state index contributed by atoms with van der Waals surface area (Å²) >= 11 is 0. The first-order chi connectivity index (χ1) is 13.6. The van der Waals surface area contributed by atoms with Crippen molar-refractivity contribution in [1.82, 2.24) is 20.4 Å². The van der Waals surface area contributed by atoms with Gasteiger partial charge in [0.1, 0.15) is 0 Å². The molecule has 0 aliphatic heterocycles. The Morgan fingerprint density at radius 1 is 1.00 bits per heavy atom. The number of benzene rings is 1. The van der Waals surface area contributed by atoms with Gasteiger partial charge in [0.2, 0.25) is 0 Å². The van der Waals surface area contributed by atoms with Crippen LogP contribution in [0.5, 0.6) is 0 Å². The number of hydrogen-bond acceptors (Lipinski definition) is 3. The molecule has 0 fully saturated rings. The molecule has 0 saturated carbocycles. The first-order valence-electron chi connectivity index (χ1n) is 11.1.